The molecule has 0 bridgehead atoms. The van der Waals surface area contributed by atoms with Gasteiger partial charge in [-0.3, -0.25) is 0 Å². The summed E-state index contributed by atoms with van der Waals surface area (Å²) in [6.45, 7) is 6.65. The molecule has 2 rings (SSSR count). The van der Waals surface area contributed by atoms with Gasteiger partial charge in [-0.25, -0.2) is 4.79 Å². The van der Waals surface area contributed by atoms with Gasteiger partial charge in [-0.1, -0.05) is 27.2 Å². The van der Waals surface area contributed by atoms with Gasteiger partial charge in [-0.05, 0) is 36.7 Å². The number of carbonyl (C=O) groups excluding carboxylic acids is 1. The number of nitrogens with zero attached hydrogens (tertiary/aromatic N) is 1. The molecule has 1 aromatic rings. The first-order chi connectivity index (χ1) is 9.38. The number of hydrogen-bond donors (Lipinski definition) is 1. The van der Waals surface area contributed by atoms with Gasteiger partial charge in [0.25, 0.3) is 0 Å². The fourth-order valence-electron chi connectivity index (χ4n) is 3.24. The lowest BCUT2D eigenvalue weighted by Crippen LogP contribution is -2.36. The van der Waals surface area contributed by atoms with Gasteiger partial charge < -0.3 is 15.0 Å². The summed E-state index contributed by atoms with van der Waals surface area (Å²) >= 11 is 0. The molecule has 0 radical (unpaired) electrons. The van der Waals surface area contributed by atoms with Crippen LogP contribution < -0.4 is 5.73 Å². The van der Waals surface area contributed by atoms with Crippen molar-refractivity contribution in [3.05, 3.63) is 18.0 Å². The Labute approximate surface area is 121 Å². The van der Waals surface area contributed by atoms with Crippen molar-refractivity contribution < 1.29 is 9.53 Å². The Kier molecular flexibility index (Phi) is 4.41. The molecule has 1 fully saturated rings. The maximum atomic E-state index is 12.3. The molecule has 0 aromatic carbocycles. The third-order valence-corrected chi connectivity index (χ3v) is 4.45. The lowest BCUT2D eigenvalue weighted by atomic mass is 9.75. The van der Waals surface area contributed by atoms with Crippen LogP contribution in [0.4, 0.5) is 5.69 Å². The van der Waals surface area contributed by atoms with Crippen LogP contribution >= 0.6 is 0 Å². The number of hydrogen-bond acceptors (Lipinski definition) is 3. The van der Waals surface area contributed by atoms with Crippen molar-refractivity contribution in [1.29, 1.82) is 0 Å². The zero-order valence-corrected chi connectivity index (χ0v) is 12.9. The zero-order valence-electron chi connectivity index (χ0n) is 12.9. The van der Waals surface area contributed by atoms with Crippen molar-refractivity contribution in [3.8, 4) is 0 Å². The van der Waals surface area contributed by atoms with Crippen LogP contribution in [0.5, 0.6) is 0 Å². The zero-order chi connectivity index (χ0) is 14.9. The fourth-order valence-corrected chi connectivity index (χ4v) is 3.24. The molecule has 0 amide bonds. The number of anilines is 1. The van der Waals surface area contributed by atoms with E-state index in [1.165, 1.54) is 6.42 Å². The molecule has 0 spiro atoms. The van der Waals surface area contributed by atoms with Crippen molar-refractivity contribution in [2.24, 2.45) is 24.8 Å². The Balaban J connectivity index is 2.10. The van der Waals surface area contributed by atoms with Crippen molar-refractivity contribution in [1.82, 2.24) is 4.57 Å². The summed E-state index contributed by atoms with van der Waals surface area (Å²) in [7, 11) is 1.82. The highest BCUT2D eigenvalue weighted by Gasteiger charge is 2.33. The van der Waals surface area contributed by atoms with Crippen LogP contribution in [-0.4, -0.2) is 16.6 Å². The highest BCUT2D eigenvalue weighted by molar-refractivity contribution is 5.89. The molecule has 4 heteroatoms. The second-order valence-corrected chi connectivity index (χ2v) is 6.54. The molecule has 3 atom stereocenters. The minimum Gasteiger partial charge on any atom is -0.457 e. The van der Waals surface area contributed by atoms with E-state index >= 15 is 0 Å². The summed E-state index contributed by atoms with van der Waals surface area (Å²) in [5.41, 5.74) is 6.84. The van der Waals surface area contributed by atoms with Gasteiger partial charge in [0.2, 0.25) is 0 Å². The minimum atomic E-state index is -0.256. The number of nitrogens with two attached hydrogens (primary N) is 1. The van der Waals surface area contributed by atoms with Gasteiger partial charge in [0.15, 0.2) is 0 Å². The van der Waals surface area contributed by atoms with Crippen molar-refractivity contribution >= 4 is 11.7 Å². The summed E-state index contributed by atoms with van der Waals surface area (Å²) < 4.78 is 7.53. The monoisotopic (exact) mass is 278 g/mol. The van der Waals surface area contributed by atoms with Crippen LogP contribution in [0.1, 0.15) is 50.5 Å². The fraction of sp³-hybridized carbons (Fsp3) is 0.688. The SMILES string of the molecule is CC1CCC(C(C)C)C(OC(=O)c2cc(N)cn2C)C1. The number of nitrogen functional groups attached to an aromatic ring is 1. The molecule has 2 N–H and O–H groups in total. The van der Waals surface area contributed by atoms with Crippen molar-refractivity contribution in [3.63, 3.8) is 0 Å². The smallest absolute Gasteiger partial charge is 0.355 e. The van der Waals surface area contributed by atoms with E-state index in [1.54, 1.807) is 16.8 Å². The molecule has 4 nitrogen and oxygen atoms in total. The van der Waals surface area contributed by atoms with Crippen molar-refractivity contribution in [2.75, 3.05) is 5.73 Å². The van der Waals surface area contributed by atoms with Crippen molar-refractivity contribution in [2.45, 2.75) is 46.1 Å². The summed E-state index contributed by atoms with van der Waals surface area (Å²) in [5.74, 6) is 1.38. The average molecular weight is 278 g/mol. The Morgan fingerprint density at radius 1 is 1.45 bits per heavy atom. The van der Waals surface area contributed by atoms with Gasteiger partial charge in [0, 0.05) is 13.2 Å². The standard InChI is InChI=1S/C16H26N2O2/c1-10(2)13-6-5-11(3)7-15(13)20-16(19)14-8-12(17)9-18(14)4/h8-11,13,15H,5-7,17H2,1-4H3. The predicted molar refractivity (Wildman–Crippen MR) is 80.4 cm³/mol. The van der Waals surface area contributed by atoms with Gasteiger partial charge in [-0.2, -0.15) is 0 Å². The molecule has 1 saturated carbocycles. The van der Waals surface area contributed by atoms with E-state index in [4.69, 9.17) is 10.5 Å². The number of esters is 1. The van der Waals surface area contributed by atoms with E-state index in [1.807, 2.05) is 7.05 Å². The molecule has 0 aliphatic heterocycles. The number of aromatic nitrogens is 1. The minimum absolute atomic E-state index is 0.0300. The summed E-state index contributed by atoms with van der Waals surface area (Å²) in [5, 5.41) is 0. The predicted octanol–water partition coefficient (Wildman–Crippen LogP) is 3.22. The molecule has 20 heavy (non-hydrogen) atoms. The van der Waals surface area contributed by atoms with Crippen LogP contribution in [-0.2, 0) is 11.8 Å². The van der Waals surface area contributed by atoms with E-state index in [0.29, 0.717) is 29.1 Å². The average Bonchev–Trinajstić information content (AvgIpc) is 2.68. The maximum Gasteiger partial charge on any atom is 0.355 e. The second kappa shape index (κ2) is 5.90. The third kappa shape index (κ3) is 3.17. The van der Waals surface area contributed by atoms with E-state index in [-0.39, 0.29) is 12.1 Å². The Bertz CT molecular complexity index is 479. The highest BCUT2D eigenvalue weighted by Crippen LogP contribution is 2.35. The lowest BCUT2D eigenvalue weighted by Gasteiger charge is -2.36. The van der Waals surface area contributed by atoms with Gasteiger partial charge in [-0.15, -0.1) is 0 Å². The van der Waals surface area contributed by atoms with E-state index in [0.717, 1.165) is 12.8 Å². The van der Waals surface area contributed by atoms with Crippen LogP contribution in [0.3, 0.4) is 0 Å². The molecular weight excluding hydrogens is 252 g/mol. The Morgan fingerprint density at radius 3 is 2.70 bits per heavy atom. The van der Waals surface area contributed by atoms with Crippen LogP contribution in [0.2, 0.25) is 0 Å². The van der Waals surface area contributed by atoms with Crippen LogP contribution in [0.15, 0.2) is 12.3 Å². The molecule has 0 saturated heterocycles. The number of rotatable bonds is 3. The summed E-state index contributed by atoms with van der Waals surface area (Å²) in [6.07, 6.45) is 5.11. The van der Waals surface area contributed by atoms with E-state index in [2.05, 4.69) is 20.8 Å². The lowest BCUT2D eigenvalue weighted by molar-refractivity contribution is -0.0181. The molecular formula is C16H26N2O2. The third-order valence-electron chi connectivity index (χ3n) is 4.45. The maximum absolute atomic E-state index is 12.3. The normalized spacial score (nSPS) is 26.8. The largest absolute Gasteiger partial charge is 0.457 e. The molecule has 1 aromatic heterocycles. The topological polar surface area (TPSA) is 57.2 Å². The molecule has 112 valence electrons. The summed E-state index contributed by atoms with van der Waals surface area (Å²) in [4.78, 5) is 12.3. The van der Waals surface area contributed by atoms with E-state index < -0.39 is 0 Å². The second-order valence-electron chi connectivity index (χ2n) is 6.54. The van der Waals surface area contributed by atoms with Crippen LogP contribution in [0, 0.1) is 17.8 Å². The highest BCUT2D eigenvalue weighted by atomic mass is 16.5. The molecule has 3 unspecified atom stereocenters. The first-order valence-electron chi connectivity index (χ1n) is 7.51. The Hall–Kier alpha value is -1.45. The quantitative estimate of drug-likeness (QED) is 0.864. The number of carbonyl (C=O) groups is 1. The first-order valence-corrected chi connectivity index (χ1v) is 7.51. The molecule has 1 aliphatic rings. The first kappa shape index (κ1) is 14.9. The number of ether oxygens (including phenoxy) is 1. The van der Waals surface area contributed by atoms with Gasteiger partial charge >= 0.3 is 5.97 Å². The number of aryl methyl sites for hydroxylation is 1. The van der Waals surface area contributed by atoms with Crippen LogP contribution in [0.25, 0.3) is 0 Å². The van der Waals surface area contributed by atoms with Gasteiger partial charge in [0.1, 0.15) is 11.8 Å². The Morgan fingerprint density at radius 2 is 2.15 bits per heavy atom. The molecule has 1 heterocycles. The van der Waals surface area contributed by atoms with E-state index in [9.17, 15) is 4.79 Å². The molecule has 1 aliphatic carbocycles. The summed E-state index contributed by atoms with van der Waals surface area (Å²) in [6, 6.07) is 1.68. The van der Waals surface area contributed by atoms with Gasteiger partial charge in [0.05, 0.1) is 5.69 Å².